The summed E-state index contributed by atoms with van der Waals surface area (Å²) in [6.07, 6.45) is 3.98. The van der Waals surface area contributed by atoms with Crippen molar-refractivity contribution in [3.63, 3.8) is 0 Å². The average Bonchev–Trinajstić information content (AvgIpc) is 3.23. The zero-order valence-electron chi connectivity index (χ0n) is 18.3. The van der Waals surface area contributed by atoms with Crippen molar-refractivity contribution in [3.8, 4) is 5.75 Å². The van der Waals surface area contributed by atoms with Gasteiger partial charge in [0.15, 0.2) is 5.69 Å². The summed E-state index contributed by atoms with van der Waals surface area (Å²) in [5.41, 5.74) is 4.26. The molecule has 0 saturated carbocycles. The minimum Gasteiger partial charge on any atom is -0.496 e. The number of ether oxygens (including phenoxy) is 1. The molecule has 29 heavy (non-hydrogen) atoms. The third kappa shape index (κ3) is 4.61. The molecule has 1 aromatic heterocycles. The first-order valence-electron chi connectivity index (χ1n) is 10.5. The van der Waals surface area contributed by atoms with Gasteiger partial charge in [-0.25, -0.2) is 4.68 Å². The van der Waals surface area contributed by atoms with Crippen molar-refractivity contribution >= 4 is 5.91 Å². The minimum atomic E-state index is -0.0433. The lowest BCUT2D eigenvalue weighted by Crippen LogP contribution is -2.36. The highest BCUT2D eigenvalue weighted by atomic mass is 16.5. The van der Waals surface area contributed by atoms with Gasteiger partial charge in [-0.2, -0.15) is 0 Å². The molecule has 1 aliphatic rings. The fraction of sp³-hybridized carbons (Fsp3) is 0.591. The van der Waals surface area contributed by atoms with Gasteiger partial charge in [-0.1, -0.05) is 11.3 Å². The van der Waals surface area contributed by atoms with Gasteiger partial charge in [0.1, 0.15) is 5.75 Å². The first kappa shape index (κ1) is 21.3. The molecule has 1 fully saturated rings. The summed E-state index contributed by atoms with van der Waals surface area (Å²) in [4.78, 5) is 16.8. The van der Waals surface area contributed by atoms with E-state index in [1.807, 2.05) is 24.7 Å². The highest BCUT2D eigenvalue weighted by molar-refractivity contribution is 5.91. The van der Waals surface area contributed by atoms with E-state index in [0.717, 1.165) is 38.2 Å². The number of rotatable bonds is 7. The molecule has 1 atom stereocenters. The third-order valence-corrected chi connectivity index (χ3v) is 6.10. The van der Waals surface area contributed by atoms with Gasteiger partial charge in [-0.15, -0.1) is 5.10 Å². The van der Waals surface area contributed by atoms with Crippen LogP contribution >= 0.6 is 0 Å². The molecule has 1 amide bonds. The Morgan fingerprint density at radius 2 is 2.00 bits per heavy atom. The molecule has 0 bridgehead atoms. The van der Waals surface area contributed by atoms with Crippen LogP contribution in [0.5, 0.6) is 5.75 Å². The predicted octanol–water partition coefficient (Wildman–Crippen LogP) is 3.22. The quantitative estimate of drug-likeness (QED) is 0.715. The number of benzene rings is 1. The lowest BCUT2D eigenvalue weighted by atomic mass is 10.00. The average molecular weight is 400 g/mol. The largest absolute Gasteiger partial charge is 0.496 e. The van der Waals surface area contributed by atoms with E-state index in [2.05, 4.69) is 41.2 Å². The monoisotopic (exact) mass is 399 g/mol. The number of hydrogen-bond acceptors (Lipinski definition) is 5. The van der Waals surface area contributed by atoms with Crippen molar-refractivity contribution in [1.82, 2.24) is 24.8 Å². The van der Waals surface area contributed by atoms with Crippen LogP contribution in [0.25, 0.3) is 0 Å². The SMILES string of the molecule is CCN(CC)C(=O)c1cn([C@H]2CCCN(Cc3ccc(OC)c(C)c3C)C2)nn1. The number of hydrogen-bond donors (Lipinski definition) is 0. The number of amides is 1. The minimum absolute atomic E-state index is 0.0433. The molecule has 7 nitrogen and oxygen atoms in total. The van der Waals surface area contributed by atoms with Crippen LogP contribution in [0.4, 0.5) is 0 Å². The first-order chi connectivity index (χ1) is 14.0. The van der Waals surface area contributed by atoms with Gasteiger partial charge in [0.05, 0.1) is 19.3 Å². The number of aromatic nitrogens is 3. The lowest BCUT2D eigenvalue weighted by molar-refractivity contribution is 0.0767. The molecule has 0 N–H and O–H groups in total. The van der Waals surface area contributed by atoms with Crippen LogP contribution < -0.4 is 4.74 Å². The van der Waals surface area contributed by atoms with Gasteiger partial charge in [0, 0.05) is 26.2 Å². The zero-order chi connectivity index (χ0) is 21.0. The number of carbonyl (C=O) groups is 1. The lowest BCUT2D eigenvalue weighted by Gasteiger charge is -2.33. The summed E-state index contributed by atoms with van der Waals surface area (Å²) in [6, 6.07) is 4.47. The Labute approximate surface area is 173 Å². The van der Waals surface area contributed by atoms with E-state index in [1.54, 1.807) is 12.0 Å². The van der Waals surface area contributed by atoms with Crippen molar-refractivity contribution < 1.29 is 9.53 Å². The molecule has 1 saturated heterocycles. The molecule has 0 spiro atoms. The standard InChI is InChI=1S/C22H33N5O2/c1-6-26(7-2)22(28)20-15-27(24-23-20)19-9-8-12-25(14-19)13-18-10-11-21(29-5)17(4)16(18)3/h10-11,15,19H,6-9,12-14H2,1-5H3/t19-/m0/s1. The smallest absolute Gasteiger partial charge is 0.276 e. The Morgan fingerprint density at radius 1 is 1.24 bits per heavy atom. The Hall–Kier alpha value is -2.41. The highest BCUT2D eigenvalue weighted by Gasteiger charge is 2.25. The Bertz CT molecular complexity index is 844. The fourth-order valence-electron chi connectivity index (χ4n) is 4.10. The van der Waals surface area contributed by atoms with E-state index in [-0.39, 0.29) is 11.9 Å². The van der Waals surface area contributed by atoms with Crippen molar-refractivity contribution in [2.75, 3.05) is 33.3 Å². The van der Waals surface area contributed by atoms with Gasteiger partial charge in [0.25, 0.3) is 5.91 Å². The molecule has 2 heterocycles. The predicted molar refractivity (Wildman–Crippen MR) is 113 cm³/mol. The van der Waals surface area contributed by atoms with Crippen LogP contribution in [-0.4, -0.2) is 64.0 Å². The summed E-state index contributed by atoms with van der Waals surface area (Å²) in [6.45, 7) is 12.5. The second kappa shape index (κ2) is 9.39. The van der Waals surface area contributed by atoms with Gasteiger partial charge in [-0.05, 0) is 69.8 Å². The topological polar surface area (TPSA) is 63.5 Å². The highest BCUT2D eigenvalue weighted by Crippen LogP contribution is 2.27. The van der Waals surface area contributed by atoms with E-state index >= 15 is 0 Å². The molecule has 7 heteroatoms. The van der Waals surface area contributed by atoms with Gasteiger partial charge in [-0.3, -0.25) is 9.69 Å². The summed E-state index contributed by atoms with van der Waals surface area (Å²) < 4.78 is 7.32. The van der Waals surface area contributed by atoms with Crippen molar-refractivity contribution in [2.45, 2.75) is 53.1 Å². The second-order valence-corrected chi connectivity index (χ2v) is 7.77. The number of likely N-dealkylation sites (tertiary alicyclic amines) is 1. The Kier molecular flexibility index (Phi) is 6.90. The van der Waals surface area contributed by atoms with Crippen molar-refractivity contribution in [2.24, 2.45) is 0 Å². The fourth-order valence-corrected chi connectivity index (χ4v) is 4.10. The number of methoxy groups -OCH3 is 1. The zero-order valence-corrected chi connectivity index (χ0v) is 18.3. The van der Waals surface area contributed by atoms with Gasteiger partial charge < -0.3 is 9.64 Å². The maximum absolute atomic E-state index is 12.5. The summed E-state index contributed by atoms with van der Waals surface area (Å²) in [5, 5.41) is 8.44. The van der Waals surface area contributed by atoms with Crippen LogP contribution in [0.1, 0.15) is 59.9 Å². The maximum Gasteiger partial charge on any atom is 0.276 e. The second-order valence-electron chi connectivity index (χ2n) is 7.77. The number of nitrogens with zero attached hydrogens (tertiary/aromatic N) is 5. The molecule has 1 aliphatic heterocycles. The van der Waals surface area contributed by atoms with E-state index in [1.165, 1.54) is 16.7 Å². The Balaban J connectivity index is 1.69. The van der Waals surface area contributed by atoms with Gasteiger partial charge >= 0.3 is 0 Å². The van der Waals surface area contributed by atoms with Crippen molar-refractivity contribution in [1.29, 1.82) is 0 Å². The first-order valence-corrected chi connectivity index (χ1v) is 10.5. The molecule has 3 rings (SSSR count). The van der Waals surface area contributed by atoms with Crippen LogP contribution in [0, 0.1) is 13.8 Å². The molecule has 1 aromatic carbocycles. The molecular formula is C22H33N5O2. The van der Waals surface area contributed by atoms with Crippen LogP contribution in [-0.2, 0) is 6.54 Å². The molecule has 0 aliphatic carbocycles. The Morgan fingerprint density at radius 3 is 2.69 bits per heavy atom. The van der Waals surface area contributed by atoms with Crippen LogP contribution in [0.2, 0.25) is 0 Å². The van der Waals surface area contributed by atoms with E-state index in [4.69, 9.17) is 4.74 Å². The molecule has 0 radical (unpaired) electrons. The summed E-state index contributed by atoms with van der Waals surface area (Å²) in [7, 11) is 1.72. The molecule has 2 aromatic rings. The normalized spacial score (nSPS) is 17.3. The van der Waals surface area contributed by atoms with E-state index in [0.29, 0.717) is 18.8 Å². The summed E-state index contributed by atoms with van der Waals surface area (Å²) in [5.74, 6) is 0.897. The van der Waals surface area contributed by atoms with Crippen LogP contribution in [0.15, 0.2) is 18.3 Å². The molecule has 0 unspecified atom stereocenters. The summed E-state index contributed by atoms with van der Waals surface area (Å²) >= 11 is 0. The maximum atomic E-state index is 12.5. The van der Waals surface area contributed by atoms with Crippen LogP contribution in [0.3, 0.4) is 0 Å². The van der Waals surface area contributed by atoms with E-state index < -0.39 is 0 Å². The number of carbonyl (C=O) groups excluding carboxylic acids is 1. The van der Waals surface area contributed by atoms with E-state index in [9.17, 15) is 4.79 Å². The van der Waals surface area contributed by atoms with Gasteiger partial charge in [0.2, 0.25) is 0 Å². The third-order valence-electron chi connectivity index (χ3n) is 6.10. The molecular weight excluding hydrogens is 366 g/mol. The molecule has 158 valence electrons. The van der Waals surface area contributed by atoms with Crippen molar-refractivity contribution in [3.05, 3.63) is 40.7 Å². The number of piperidine rings is 1.